The van der Waals surface area contributed by atoms with Gasteiger partial charge in [-0.15, -0.1) is 5.10 Å². The molecule has 7 nitrogen and oxygen atoms in total. The first-order chi connectivity index (χ1) is 15.6. The van der Waals surface area contributed by atoms with Crippen molar-refractivity contribution in [2.45, 2.75) is 6.54 Å². The lowest BCUT2D eigenvalue weighted by Crippen LogP contribution is -2.14. The Morgan fingerprint density at radius 2 is 1.91 bits per heavy atom. The summed E-state index contributed by atoms with van der Waals surface area (Å²) in [6.07, 6.45) is 6.25. The number of pyridine rings is 1. The Morgan fingerprint density at radius 1 is 1.12 bits per heavy atom. The van der Waals surface area contributed by atoms with Gasteiger partial charge in [0.25, 0.3) is 5.91 Å². The normalized spacial score (nSPS) is 10.9. The highest BCUT2D eigenvalue weighted by Gasteiger charge is 2.16. The Balaban J connectivity index is 1.59. The number of rotatable bonds is 7. The van der Waals surface area contributed by atoms with E-state index in [4.69, 9.17) is 4.74 Å². The zero-order chi connectivity index (χ0) is 22.3. The molecular formula is C24H20FN5O2. The molecule has 0 saturated carbocycles. The second-order valence-corrected chi connectivity index (χ2v) is 6.84. The van der Waals surface area contributed by atoms with Crippen molar-refractivity contribution in [1.82, 2.24) is 19.7 Å². The van der Waals surface area contributed by atoms with E-state index in [1.807, 2.05) is 30.3 Å². The third kappa shape index (κ3) is 5.04. The minimum absolute atomic E-state index is 0.299. The van der Waals surface area contributed by atoms with Crippen molar-refractivity contribution in [1.29, 1.82) is 0 Å². The van der Waals surface area contributed by atoms with E-state index in [1.165, 1.54) is 22.9 Å². The van der Waals surface area contributed by atoms with Gasteiger partial charge in [0.15, 0.2) is 5.82 Å². The third-order valence-electron chi connectivity index (χ3n) is 4.63. The van der Waals surface area contributed by atoms with E-state index in [9.17, 15) is 9.18 Å². The summed E-state index contributed by atoms with van der Waals surface area (Å²) in [5, 5.41) is 7.54. The molecule has 4 rings (SSSR count). The van der Waals surface area contributed by atoms with Crippen molar-refractivity contribution >= 4 is 17.9 Å². The van der Waals surface area contributed by atoms with Crippen LogP contribution in [0.15, 0.2) is 79.1 Å². The summed E-state index contributed by atoms with van der Waals surface area (Å²) in [4.78, 5) is 21.4. The predicted octanol–water partition coefficient (Wildman–Crippen LogP) is 4.45. The average Bonchev–Trinajstić information content (AvgIpc) is 3.27. The molecule has 0 unspecified atom stereocenters. The quantitative estimate of drug-likeness (QED) is 0.437. The molecule has 4 aromatic rings. The zero-order valence-corrected chi connectivity index (χ0v) is 17.3. The molecule has 32 heavy (non-hydrogen) atoms. The summed E-state index contributed by atoms with van der Waals surface area (Å²) >= 11 is 0. The smallest absolute Gasteiger partial charge is 0.274 e. The van der Waals surface area contributed by atoms with E-state index in [-0.39, 0.29) is 5.82 Å². The lowest BCUT2D eigenvalue weighted by Gasteiger charge is -2.07. The first-order valence-electron chi connectivity index (χ1n) is 9.84. The van der Waals surface area contributed by atoms with Crippen LogP contribution in [0.5, 0.6) is 5.75 Å². The molecule has 0 spiro atoms. The summed E-state index contributed by atoms with van der Waals surface area (Å²) < 4.78 is 19.5. The Kier molecular flexibility index (Phi) is 6.31. The van der Waals surface area contributed by atoms with Crippen molar-refractivity contribution in [2.24, 2.45) is 0 Å². The van der Waals surface area contributed by atoms with Crippen molar-refractivity contribution in [3.05, 3.63) is 96.1 Å². The molecule has 0 fully saturated rings. The van der Waals surface area contributed by atoms with Crippen molar-refractivity contribution in [3.8, 4) is 17.1 Å². The van der Waals surface area contributed by atoms with Crippen LogP contribution in [0.1, 0.15) is 15.9 Å². The molecule has 2 aromatic heterocycles. The first-order valence-corrected chi connectivity index (χ1v) is 9.84. The highest BCUT2D eigenvalue weighted by molar-refractivity contribution is 5.94. The number of benzene rings is 2. The maximum Gasteiger partial charge on any atom is 0.274 e. The molecule has 8 heteroatoms. The topological polar surface area (TPSA) is 81.9 Å². The van der Waals surface area contributed by atoms with Crippen LogP contribution < -0.4 is 10.1 Å². The molecule has 2 aromatic carbocycles. The Labute approximate surface area is 184 Å². The van der Waals surface area contributed by atoms with Gasteiger partial charge in [0.2, 0.25) is 5.95 Å². The molecule has 0 amide bonds. The molecule has 0 aliphatic rings. The third-order valence-corrected chi connectivity index (χ3v) is 4.63. The zero-order valence-electron chi connectivity index (χ0n) is 17.3. The summed E-state index contributed by atoms with van der Waals surface area (Å²) in [7, 11) is 1.61. The largest absolute Gasteiger partial charge is 0.497 e. The lowest BCUT2D eigenvalue weighted by atomic mass is 10.2. The minimum Gasteiger partial charge on any atom is -0.497 e. The predicted molar refractivity (Wildman–Crippen MR) is 120 cm³/mol. The molecular weight excluding hydrogens is 409 g/mol. The number of methoxy groups -OCH3 is 1. The van der Waals surface area contributed by atoms with Crippen molar-refractivity contribution in [2.75, 3.05) is 12.4 Å². The van der Waals surface area contributed by atoms with Gasteiger partial charge in [-0.1, -0.05) is 24.3 Å². The standard InChI is InChI=1S/C24H20FN5O2/c1-32-21-11-6-18(7-12-21)15-27-24-28-23(19-3-2-14-26-16-19)29-30(24)22(31)13-8-17-4-9-20(25)10-5-17/h2-14,16H,15H2,1H3,(H,27,28,29). The van der Waals surface area contributed by atoms with Crippen LogP contribution in [-0.2, 0) is 6.54 Å². The van der Waals surface area contributed by atoms with Crippen LogP contribution in [0, 0.1) is 5.82 Å². The number of nitrogens with one attached hydrogen (secondary N) is 1. The van der Waals surface area contributed by atoms with Crippen LogP contribution in [0.2, 0.25) is 0 Å². The number of aromatic nitrogens is 4. The fourth-order valence-corrected chi connectivity index (χ4v) is 2.93. The summed E-state index contributed by atoms with van der Waals surface area (Å²) in [6, 6.07) is 17.0. The summed E-state index contributed by atoms with van der Waals surface area (Å²) in [6.45, 7) is 0.435. The first kappa shape index (κ1) is 20.9. The highest BCUT2D eigenvalue weighted by atomic mass is 19.1. The lowest BCUT2D eigenvalue weighted by molar-refractivity contribution is 0.0957. The van der Waals surface area contributed by atoms with E-state index < -0.39 is 5.91 Å². The molecule has 0 aliphatic carbocycles. The van der Waals surface area contributed by atoms with Gasteiger partial charge in [-0.05, 0) is 53.6 Å². The molecule has 1 N–H and O–H groups in total. The molecule has 0 atom stereocenters. The number of ether oxygens (including phenoxy) is 1. The molecule has 0 saturated heterocycles. The second-order valence-electron chi connectivity index (χ2n) is 6.84. The summed E-state index contributed by atoms with van der Waals surface area (Å²) in [5.41, 5.74) is 2.37. The molecule has 0 aliphatic heterocycles. The van der Waals surface area contributed by atoms with E-state index in [2.05, 4.69) is 20.4 Å². The van der Waals surface area contributed by atoms with Crippen LogP contribution in [0.4, 0.5) is 10.3 Å². The number of carbonyl (C=O) groups excluding carboxylic acids is 1. The number of anilines is 1. The van der Waals surface area contributed by atoms with Gasteiger partial charge in [0.05, 0.1) is 7.11 Å². The van der Waals surface area contributed by atoms with E-state index in [1.54, 1.807) is 43.8 Å². The number of carbonyl (C=O) groups is 1. The number of allylic oxidation sites excluding steroid dienone is 1. The Bertz CT molecular complexity index is 1220. The second kappa shape index (κ2) is 9.65. The van der Waals surface area contributed by atoms with Crippen molar-refractivity contribution < 1.29 is 13.9 Å². The molecule has 0 radical (unpaired) electrons. The number of halogens is 1. The number of hydrogen-bond acceptors (Lipinski definition) is 6. The molecule has 2 heterocycles. The van der Waals surface area contributed by atoms with Gasteiger partial charge >= 0.3 is 0 Å². The fraction of sp³-hybridized carbons (Fsp3) is 0.0833. The molecule has 160 valence electrons. The van der Waals surface area contributed by atoms with Gasteiger partial charge in [0.1, 0.15) is 11.6 Å². The van der Waals surface area contributed by atoms with Crippen LogP contribution in [0.25, 0.3) is 17.5 Å². The SMILES string of the molecule is COc1ccc(CNc2nc(-c3cccnc3)nn2C(=O)C=Cc2ccc(F)cc2)cc1. The van der Waals surface area contributed by atoms with Gasteiger partial charge in [0, 0.05) is 30.6 Å². The van der Waals surface area contributed by atoms with Crippen LogP contribution in [-0.4, -0.2) is 32.8 Å². The van der Waals surface area contributed by atoms with E-state index in [0.29, 0.717) is 29.4 Å². The fourth-order valence-electron chi connectivity index (χ4n) is 2.93. The summed E-state index contributed by atoms with van der Waals surface area (Å²) in [5.74, 6) is 0.703. The Hall–Kier alpha value is -4.33. The highest BCUT2D eigenvalue weighted by Crippen LogP contribution is 2.18. The number of hydrogen-bond donors (Lipinski definition) is 1. The minimum atomic E-state index is -0.394. The van der Waals surface area contributed by atoms with Crippen LogP contribution >= 0.6 is 0 Å². The van der Waals surface area contributed by atoms with E-state index in [0.717, 1.165) is 11.3 Å². The maximum absolute atomic E-state index is 13.1. The maximum atomic E-state index is 13.1. The van der Waals surface area contributed by atoms with Crippen molar-refractivity contribution in [3.63, 3.8) is 0 Å². The van der Waals surface area contributed by atoms with Gasteiger partial charge in [-0.25, -0.2) is 4.39 Å². The molecule has 0 bridgehead atoms. The number of nitrogens with zero attached hydrogens (tertiary/aromatic N) is 4. The van der Waals surface area contributed by atoms with Gasteiger partial charge < -0.3 is 10.1 Å². The van der Waals surface area contributed by atoms with Gasteiger partial charge in [-0.3, -0.25) is 9.78 Å². The Morgan fingerprint density at radius 3 is 2.59 bits per heavy atom. The van der Waals surface area contributed by atoms with Crippen LogP contribution in [0.3, 0.4) is 0 Å². The van der Waals surface area contributed by atoms with E-state index >= 15 is 0 Å². The average molecular weight is 429 g/mol. The van der Waals surface area contributed by atoms with Gasteiger partial charge in [-0.2, -0.15) is 9.67 Å². The monoisotopic (exact) mass is 429 g/mol.